The first-order chi connectivity index (χ1) is 8.27. The molecule has 0 spiro atoms. The van der Waals surface area contributed by atoms with Gasteiger partial charge in [0.1, 0.15) is 0 Å². The number of hydrogen-bond acceptors (Lipinski definition) is 3. The summed E-state index contributed by atoms with van der Waals surface area (Å²) in [6.45, 7) is 2.55. The van der Waals surface area contributed by atoms with Crippen LogP contribution in [0.15, 0.2) is 18.7 Å². The van der Waals surface area contributed by atoms with Crippen LogP contribution in [0.25, 0.3) is 0 Å². The van der Waals surface area contributed by atoms with Crippen molar-refractivity contribution in [3.63, 3.8) is 0 Å². The molecule has 1 aromatic heterocycles. The predicted molar refractivity (Wildman–Crippen MR) is 63.6 cm³/mol. The minimum Gasteiger partial charge on any atom is -0.481 e. The molecule has 2 N–H and O–H groups in total. The van der Waals surface area contributed by atoms with Crippen molar-refractivity contribution in [3.8, 4) is 0 Å². The van der Waals surface area contributed by atoms with Gasteiger partial charge in [-0.25, -0.2) is 4.98 Å². The quantitative estimate of drug-likeness (QED) is 0.724. The van der Waals surface area contributed by atoms with E-state index < -0.39 is 5.97 Å². The van der Waals surface area contributed by atoms with Gasteiger partial charge < -0.3 is 15.0 Å². The summed E-state index contributed by atoms with van der Waals surface area (Å²) >= 11 is 0. The summed E-state index contributed by atoms with van der Waals surface area (Å²) in [5, 5.41) is 12.4. The highest BCUT2D eigenvalue weighted by Crippen LogP contribution is 2.31. The number of hydrogen-bond donors (Lipinski definition) is 2. The van der Waals surface area contributed by atoms with Crippen molar-refractivity contribution in [1.29, 1.82) is 0 Å². The van der Waals surface area contributed by atoms with Crippen molar-refractivity contribution in [2.24, 2.45) is 11.8 Å². The minimum atomic E-state index is -0.635. The Kier molecular flexibility index (Phi) is 4.14. The summed E-state index contributed by atoms with van der Waals surface area (Å²) in [5.74, 6) is -0.477. The van der Waals surface area contributed by atoms with Crippen LogP contribution < -0.4 is 5.32 Å². The molecule has 0 radical (unpaired) electrons. The van der Waals surface area contributed by atoms with Gasteiger partial charge in [0.2, 0.25) is 0 Å². The lowest BCUT2D eigenvalue weighted by Crippen LogP contribution is -2.30. The second-order valence-corrected chi connectivity index (χ2v) is 4.64. The molecule has 94 valence electrons. The van der Waals surface area contributed by atoms with Crippen molar-refractivity contribution in [2.45, 2.75) is 25.8 Å². The molecule has 2 atom stereocenters. The van der Waals surface area contributed by atoms with Crippen LogP contribution in [0.1, 0.15) is 19.3 Å². The highest BCUT2D eigenvalue weighted by Gasteiger charge is 2.32. The highest BCUT2D eigenvalue weighted by molar-refractivity contribution is 5.70. The van der Waals surface area contributed by atoms with E-state index >= 15 is 0 Å². The third-order valence-electron chi connectivity index (χ3n) is 3.49. The summed E-state index contributed by atoms with van der Waals surface area (Å²) in [7, 11) is 0. The number of carboxylic acids is 1. The standard InChI is InChI=1S/C12H19N3O2/c16-12(17)11-3-1-2-10(11)8-13-4-6-15-7-5-14-9-15/h5,7,9-11,13H,1-4,6,8H2,(H,16,17). The average Bonchev–Trinajstić information content (AvgIpc) is 2.95. The number of aliphatic carboxylic acids is 1. The fourth-order valence-corrected chi connectivity index (χ4v) is 2.52. The van der Waals surface area contributed by atoms with Gasteiger partial charge in [0, 0.05) is 25.5 Å². The Morgan fingerprint density at radius 3 is 3.12 bits per heavy atom. The lowest BCUT2D eigenvalue weighted by atomic mass is 9.96. The van der Waals surface area contributed by atoms with Gasteiger partial charge in [0.15, 0.2) is 0 Å². The van der Waals surface area contributed by atoms with Gasteiger partial charge >= 0.3 is 5.97 Å². The van der Waals surface area contributed by atoms with E-state index in [4.69, 9.17) is 5.11 Å². The molecule has 0 aliphatic heterocycles. The molecular formula is C12H19N3O2. The zero-order valence-corrected chi connectivity index (χ0v) is 9.88. The van der Waals surface area contributed by atoms with Crippen LogP contribution in [0.2, 0.25) is 0 Å². The zero-order chi connectivity index (χ0) is 12.1. The van der Waals surface area contributed by atoms with Crippen LogP contribution >= 0.6 is 0 Å². The van der Waals surface area contributed by atoms with Crippen LogP contribution in [-0.4, -0.2) is 33.7 Å². The third-order valence-corrected chi connectivity index (χ3v) is 3.49. The van der Waals surface area contributed by atoms with Crippen molar-refractivity contribution in [2.75, 3.05) is 13.1 Å². The molecule has 0 amide bonds. The molecule has 1 aromatic rings. The molecule has 0 saturated heterocycles. The van der Waals surface area contributed by atoms with Crippen LogP contribution in [0.5, 0.6) is 0 Å². The van der Waals surface area contributed by atoms with Crippen molar-refractivity contribution < 1.29 is 9.90 Å². The van der Waals surface area contributed by atoms with E-state index in [1.54, 1.807) is 12.5 Å². The maximum Gasteiger partial charge on any atom is 0.306 e. The summed E-state index contributed by atoms with van der Waals surface area (Å²) in [6.07, 6.45) is 8.40. The molecule has 1 heterocycles. The third kappa shape index (κ3) is 3.30. The number of carboxylic acid groups (broad SMARTS) is 1. The van der Waals surface area contributed by atoms with Crippen molar-refractivity contribution in [1.82, 2.24) is 14.9 Å². The second-order valence-electron chi connectivity index (χ2n) is 4.64. The molecule has 17 heavy (non-hydrogen) atoms. The largest absolute Gasteiger partial charge is 0.481 e. The Labute approximate surface area is 101 Å². The molecule has 5 heteroatoms. The fourth-order valence-electron chi connectivity index (χ4n) is 2.52. The molecule has 0 aromatic carbocycles. The number of nitrogens with zero attached hydrogens (tertiary/aromatic N) is 2. The zero-order valence-electron chi connectivity index (χ0n) is 9.88. The number of nitrogens with one attached hydrogen (secondary N) is 1. The van der Waals surface area contributed by atoms with Crippen molar-refractivity contribution in [3.05, 3.63) is 18.7 Å². The fraction of sp³-hybridized carbons (Fsp3) is 0.667. The summed E-state index contributed by atoms with van der Waals surface area (Å²) < 4.78 is 2.01. The number of rotatable bonds is 6. The van der Waals surface area contributed by atoms with Crippen LogP contribution in [-0.2, 0) is 11.3 Å². The predicted octanol–water partition coefficient (Wildman–Crippen LogP) is 0.974. The Morgan fingerprint density at radius 1 is 1.53 bits per heavy atom. The summed E-state index contributed by atoms with van der Waals surface area (Å²) in [4.78, 5) is 15.0. The first kappa shape index (κ1) is 12.1. The molecule has 1 aliphatic rings. The van der Waals surface area contributed by atoms with Crippen LogP contribution in [0, 0.1) is 11.8 Å². The second kappa shape index (κ2) is 5.82. The van der Waals surface area contributed by atoms with E-state index in [2.05, 4.69) is 10.3 Å². The lowest BCUT2D eigenvalue weighted by Gasteiger charge is -2.16. The molecule has 5 nitrogen and oxygen atoms in total. The minimum absolute atomic E-state index is 0.143. The molecule has 1 fully saturated rings. The first-order valence-electron chi connectivity index (χ1n) is 6.16. The summed E-state index contributed by atoms with van der Waals surface area (Å²) in [5.41, 5.74) is 0. The average molecular weight is 237 g/mol. The van der Waals surface area contributed by atoms with E-state index in [-0.39, 0.29) is 5.92 Å². The highest BCUT2D eigenvalue weighted by atomic mass is 16.4. The van der Waals surface area contributed by atoms with Gasteiger partial charge in [-0.3, -0.25) is 4.79 Å². The van der Waals surface area contributed by atoms with E-state index in [0.717, 1.165) is 38.9 Å². The lowest BCUT2D eigenvalue weighted by molar-refractivity contribution is -0.142. The molecular weight excluding hydrogens is 218 g/mol. The number of carbonyl (C=O) groups is 1. The van der Waals surface area contributed by atoms with Gasteiger partial charge in [-0.05, 0) is 25.3 Å². The Morgan fingerprint density at radius 2 is 2.41 bits per heavy atom. The molecule has 1 aliphatic carbocycles. The van der Waals surface area contributed by atoms with Gasteiger partial charge in [-0.2, -0.15) is 0 Å². The van der Waals surface area contributed by atoms with Crippen LogP contribution in [0.3, 0.4) is 0 Å². The van der Waals surface area contributed by atoms with Gasteiger partial charge in [0.25, 0.3) is 0 Å². The molecule has 2 unspecified atom stereocenters. The van der Waals surface area contributed by atoms with Gasteiger partial charge in [-0.1, -0.05) is 6.42 Å². The van der Waals surface area contributed by atoms with Gasteiger partial charge in [0.05, 0.1) is 12.2 Å². The molecule has 1 saturated carbocycles. The number of aromatic nitrogens is 2. The number of imidazole rings is 1. The maximum atomic E-state index is 11.0. The normalized spacial score (nSPS) is 24.0. The monoisotopic (exact) mass is 237 g/mol. The smallest absolute Gasteiger partial charge is 0.306 e. The maximum absolute atomic E-state index is 11.0. The van der Waals surface area contributed by atoms with E-state index in [0.29, 0.717) is 5.92 Å². The Balaban J connectivity index is 1.66. The van der Waals surface area contributed by atoms with E-state index in [1.807, 2.05) is 10.8 Å². The van der Waals surface area contributed by atoms with E-state index in [9.17, 15) is 4.79 Å². The van der Waals surface area contributed by atoms with E-state index in [1.165, 1.54) is 0 Å². The summed E-state index contributed by atoms with van der Waals surface area (Å²) in [6, 6.07) is 0. The SMILES string of the molecule is O=C(O)C1CCCC1CNCCn1ccnc1. The Hall–Kier alpha value is -1.36. The Bertz CT molecular complexity index is 351. The topological polar surface area (TPSA) is 67.2 Å². The van der Waals surface area contributed by atoms with Gasteiger partial charge in [-0.15, -0.1) is 0 Å². The first-order valence-corrected chi connectivity index (χ1v) is 6.16. The van der Waals surface area contributed by atoms with Crippen LogP contribution in [0.4, 0.5) is 0 Å². The van der Waals surface area contributed by atoms with Crippen molar-refractivity contribution >= 4 is 5.97 Å². The molecule has 0 bridgehead atoms. The molecule has 2 rings (SSSR count).